The van der Waals surface area contributed by atoms with Crippen molar-refractivity contribution in [3.63, 3.8) is 0 Å². The Bertz CT molecular complexity index is 1510. The molecular weight excluding hydrogens is 466 g/mol. The Morgan fingerprint density at radius 1 is 1.17 bits per heavy atom. The van der Waals surface area contributed by atoms with Gasteiger partial charge >= 0.3 is 5.97 Å². The molecular formula is C25H25N5O6. The van der Waals surface area contributed by atoms with E-state index in [2.05, 4.69) is 15.1 Å². The normalized spacial score (nSPS) is 11.6. The molecule has 0 radical (unpaired) electrons. The molecule has 186 valence electrons. The van der Waals surface area contributed by atoms with Crippen molar-refractivity contribution in [2.75, 3.05) is 20.8 Å². The van der Waals surface area contributed by atoms with E-state index in [1.807, 2.05) is 24.4 Å². The van der Waals surface area contributed by atoms with E-state index in [1.165, 1.54) is 36.1 Å². The molecule has 4 aromatic rings. The third kappa shape index (κ3) is 4.90. The highest BCUT2D eigenvalue weighted by molar-refractivity contribution is 6.00. The van der Waals surface area contributed by atoms with Crippen molar-refractivity contribution in [2.45, 2.75) is 19.8 Å². The number of nitro groups is 1. The minimum absolute atomic E-state index is 0.0963. The Hall–Kier alpha value is -4.67. The van der Waals surface area contributed by atoms with Crippen LogP contribution in [0.15, 0.2) is 58.4 Å². The number of esters is 1. The van der Waals surface area contributed by atoms with Gasteiger partial charge in [0.05, 0.1) is 42.5 Å². The summed E-state index contributed by atoms with van der Waals surface area (Å²) < 4.78 is 11.3. The zero-order valence-corrected chi connectivity index (χ0v) is 20.0. The minimum Gasteiger partial charge on any atom is -0.497 e. The maximum Gasteiger partial charge on any atom is 0.311 e. The maximum atomic E-state index is 13.3. The number of carbonyl (C=O) groups is 1. The zero-order chi connectivity index (χ0) is 25.8. The van der Waals surface area contributed by atoms with Gasteiger partial charge in [0.25, 0.3) is 11.2 Å². The second-order valence-electron chi connectivity index (χ2n) is 8.07. The van der Waals surface area contributed by atoms with E-state index < -0.39 is 16.5 Å². The van der Waals surface area contributed by atoms with Crippen LogP contribution < -0.4 is 10.3 Å². The fraction of sp³-hybridized carbons (Fsp3) is 0.240. The lowest BCUT2D eigenvalue weighted by molar-refractivity contribution is -0.384. The Balaban J connectivity index is 1.64. The third-order valence-corrected chi connectivity index (χ3v) is 5.90. The number of nitro benzene ring substituents is 1. The van der Waals surface area contributed by atoms with Crippen LogP contribution in [0, 0.1) is 10.1 Å². The predicted molar refractivity (Wildman–Crippen MR) is 134 cm³/mol. The van der Waals surface area contributed by atoms with E-state index in [9.17, 15) is 19.7 Å². The molecule has 11 nitrogen and oxygen atoms in total. The lowest BCUT2D eigenvalue weighted by Crippen LogP contribution is -2.20. The van der Waals surface area contributed by atoms with Crippen LogP contribution in [-0.2, 0) is 22.4 Å². The molecule has 0 amide bonds. The number of hydrogen-bond donors (Lipinski definition) is 2. The highest BCUT2D eigenvalue weighted by Crippen LogP contribution is 2.24. The highest BCUT2D eigenvalue weighted by atomic mass is 16.6. The lowest BCUT2D eigenvalue weighted by atomic mass is 10.1. The summed E-state index contributed by atoms with van der Waals surface area (Å²) >= 11 is 0. The van der Waals surface area contributed by atoms with Crippen molar-refractivity contribution in [3.05, 3.63) is 86.0 Å². The van der Waals surface area contributed by atoms with Gasteiger partial charge in [0, 0.05) is 41.5 Å². The first-order valence-corrected chi connectivity index (χ1v) is 11.1. The number of nitrogens with one attached hydrogen (secondary N) is 2. The summed E-state index contributed by atoms with van der Waals surface area (Å²) in [6.45, 7) is 2.12. The van der Waals surface area contributed by atoms with E-state index >= 15 is 0 Å². The van der Waals surface area contributed by atoms with Gasteiger partial charge in [-0.2, -0.15) is 0 Å². The molecule has 11 heteroatoms. The average Bonchev–Trinajstić information content (AvgIpc) is 3.43. The molecule has 0 saturated heterocycles. The molecule has 36 heavy (non-hydrogen) atoms. The summed E-state index contributed by atoms with van der Waals surface area (Å²) in [6, 6.07) is 11.3. The summed E-state index contributed by atoms with van der Waals surface area (Å²) in [6.07, 6.45) is 2.39. The number of nitrogens with zero attached hydrogens (tertiary/aromatic N) is 3. The summed E-state index contributed by atoms with van der Waals surface area (Å²) in [5.74, 6) is 0.239. The number of H-pyrrole nitrogens is 2. The molecule has 0 aliphatic heterocycles. The second kappa shape index (κ2) is 10.3. The minimum atomic E-state index is -0.520. The number of carbonyl (C=O) groups excluding carboxylic acids is 1. The number of aromatic amines is 2. The van der Waals surface area contributed by atoms with Crippen LogP contribution in [0.25, 0.3) is 16.6 Å². The molecule has 0 aliphatic carbocycles. The van der Waals surface area contributed by atoms with Gasteiger partial charge in [-0.25, -0.2) is 4.68 Å². The number of aromatic nitrogens is 3. The van der Waals surface area contributed by atoms with E-state index in [-0.39, 0.29) is 17.7 Å². The number of hydrogen-bond acceptors (Lipinski definition) is 7. The summed E-state index contributed by atoms with van der Waals surface area (Å²) in [4.78, 5) is 43.6. The zero-order valence-electron chi connectivity index (χ0n) is 20.0. The fourth-order valence-corrected chi connectivity index (χ4v) is 4.02. The van der Waals surface area contributed by atoms with Crippen LogP contribution in [0.4, 0.5) is 5.69 Å². The highest BCUT2D eigenvalue weighted by Gasteiger charge is 2.20. The molecule has 0 spiro atoms. The van der Waals surface area contributed by atoms with Gasteiger partial charge < -0.3 is 14.5 Å². The van der Waals surface area contributed by atoms with Crippen molar-refractivity contribution < 1.29 is 19.2 Å². The summed E-state index contributed by atoms with van der Waals surface area (Å²) in [5.41, 5.74) is 3.01. The van der Waals surface area contributed by atoms with Crippen LogP contribution >= 0.6 is 0 Å². The molecule has 0 atom stereocenters. The average molecular weight is 492 g/mol. The van der Waals surface area contributed by atoms with Gasteiger partial charge in [0.2, 0.25) is 0 Å². The van der Waals surface area contributed by atoms with Crippen molar-refractivity contribution in [1.82, 2.24) is 14.8 Å². The van der Waals surface area contributed by atoms with Crippen LogP contribution in [0.3, 0.4) is 0 Å². The van der Waals surface area contributed by atoms with Crippen molar-refractivity contribution in [2.24, 2.45) is 4.99 Å². The Morgan fingerprint density at radius 2 is 1.92 bits per heavy atom. The van der Waals surface area contributed by atoms with E-state index in [1.54, 1.807) is 14.0 Å². The first kappa shape index (κ1) is 24.5. The standard InChI is InChI=1S/C25H25N5O6/c1-15(26-11-10-16-14-27-21-9-8-19(35-2)12-20(16)21)24-22(13-23(31)36-3)28-29(25(24)32)17-4-6-18(7-5-17)30(33)34/h4-9,12,14,27-28H,10-11,13H2,1-3H3. The molecule has 4 rings (SSSR count). The lowest BCUT2D eigenvalue weighted by Gasteiger charge is -2.03. The molecule has 2 heterocycles. The number of aliphatic imine (C=N–C) groups is 1. The first-order valence-electron chi connectivity index (χ1n) is 11.1. The molecule has 2 N–H and O–H groups in total. The molecule has 0 bridgehead atoms. The quantitative estimate of drug-likeness (QED) is 0.159. The molecule has 0 unspecified atom stereocenters. The van der Waals surface area contributed by atoms with Gasteiger partial charge in [0.1, 0.15) is 5.75 Å². The molecule has 0 fully saturated rings. The number of benzene rings is 2. The smallest absolute Gasteiger partial charge is 0.311 e. The number of non-ortho nitro benzene ring substituents is 1. The SMILES string of the molecule is COC(=O)Cc1[nH]n(-c2ccc([N+](=O)[O-])cc2)c(=O)c1C(C)=NCCc1c[nH]c2ccc(OC)cc12. The Labute approximate surface area is 205 Å². The summed E-state index contributed by atoms with van der Waals surface area (Å²) in [7, 11) is 2.89. The van der Waals surface area contributed by atoms with Crippen molar-refractivity contribution in [1.29, 1.82) is 0 Å². The van der Waals surface area contributed by atoms with E-state index in [0.29, 0.717) is 30.1 Å². The molecule has 2 aromatic heterocycles. The number of ether oxygens (including phenoxy) is 2. The molecule has 0 aliphatic rings. The van der Waals surface area contributed by atoms with Gasteiger partial charge in [0.15, 0.2) is 0 Å². The van der Waals surface area contributed by atoms with Crippen LogP contribution in [0.2, 0.25) is 0 Å². The molecule has 0 saturated carbocycles. The Morgan fingerprint density at radius 3 is 2.58 bits per heavy atom. The second-order valence-corrected chi connectivity index (χ2v) is 8.07. The first-order chi connectivity index (χ1) is 17.3. The predicted octanol–water partition coefficient (Wildman–Crippen LogP) is 3.33. The Kier molecular flexibility index (Phi) is 7.00. The van der Waals surface area contributed by atoms with Crippen molar-refractivity contribution in [3.8, 4) is 11.4 Å². The monoisotopic (exact) mass is 491 g/mol. The topological polar surface area (TPSA) is 145 Å². The number of fused-ring (bicyclic) bond motifs is 1. The van der Waals surface area contributed by atoms with Crippen molar-refractivity contribution >= 4 is 28.3 Å². The van der Waals surface area contributed by atoms with Gasteiger partial charge in [-0.05, 0) is 49.2 Å². The van der Waals surface area contributed by atoms with Crippen LogP contribution in [0.5, 0.6) is 5.75 Å². The van der Waals surface area contributed by atoms with E-state index in [4.69, 9.17) is 9.47 Å². The largest absolute Gasteiger partial charge is 0.497 e. The van der Waals surface area contributed by atoms with E-state index in [0.717, 1.165) is 22.2 Å². The van der Waals surface area contributed by atoms with Gasteiger partial charge in [-0.3, -0.25) is 29.8 Å². The third-order valence-electron chi connectivity index (χ3n) is 5.90. The van der Waals surface area contributed by atoms with Crippen LogP contribution in [-0.4, -0.2) is 52.1 Å². The number of methoxy groups -OCH3 is 2. The van der Waals surface area contributed by atoms with Crippen LogP contribution in [0.1, 0.15) is 23.7 Å². The number of rotatable bonds is 9. The maximum absolute atomic E-state index is 13.3. The van der Waals surface area contributed by atoms with Gasteiger partial charge in [-0.15, -0.1) is 0 Å². The fourth-order valence-electron chi connectivity index (χ4n) is 4.02. The summed E-state index contributed by atoms with van der Waals surface area (Å²) in [5, 5.41) is 14.9. The van der Waals surface area contributed by atoms with Gasteiger partial charge in [-0.1, -0.05) is 0 Å². The molecule has 2 aromatic carbocycles.